The fourth-order valence-corrected chi connectivity index (χ4v) is 5.17. The molecule has 0 aliphatic carbocycles. The molecule has 1 aliphatic heterocycles. The van der Waals surface area contributed by atoms with Crippen LogP contribution in [0.3, 0.4) is 0 Å². The molecule has 1 unspecified atom stereocenters. The maximum atomic E-state index is 5.11. The number of rotatable bonds is 5. The number of hydrogen-bond acceptors (Lipinski definition) is 3. The number of fused-ring (bicyclic) bond motifs is 1. The summed E-state index contributed by atoms with van der Waals surface area (Å²) in [5, 5.41) is 5.91. The first-order valence-electron chi connectivity index (χ1n) is 13.5. The molecule has 190 valence electrons. The fraction of sp³-hybridized carbons (Fsp3) is 0.0270. The van der Waals surface area contributed by atoms with Crippen LogP contribution in [0.5, 0.6) is 0 Å². The molecule has 0 saturated carbocycles. The minimum atomic E-state index is -0.345. The molecule has 0 aromatic heterocycles. The van der Waals surface area contributed by atoms with Crippen LogP contribution in [0.1, 0.15) is 22.9 Å². The monoisotopic (exact) mass is 513 g/mol. The second kappa shape index (κ2) is 10.5. The molecule has 3 nitrogen and oxygen atoms in total. The molecule has 0 saturated heterocycles. The van der Waals surface area contributed by atoms with Crippen LogP contribution in [0, 0.1) is 0 Å². The largest absolute Gasteiger partial charge is 0.324 e. The van der Waals surface area contributed by atoms with Gasteiger partial charge in [-0.25, -0.2) is 9.98 Å². The van der Waals surface area contributed by atoms with Crippen molar-refractivity contribution in [3.05, 3.63) is 168 Å². The molecule has 7 rings (SSSR count). The van der Waals surface area contributed by atoms with E-state index >= 15 is 0 Å². The summed E-state index contributed by atoms with van der Waals surface area (Å²) in [5.41, 5.74) is 7.91. The highest BCUT2D eigenvalue weighted by Crippen LogP contribution is 2.29. The van der Waals surface area contributed by atoms with Crippen molar-refractivity contribution in [2.24, 2.45) is 9.98 Å². The lowest BCUT2D eigenvalue weighted by molar-refractivity contribution is 0.756. The summed E-state index contributed by atoms with van der Waals surface area (Å²) in [5.74, 6) is 1.64. The van der Waals surface area contributed by atoms with E-state index in [4.69, 9.17) is 9.98 Å². The first-order chi connectivity index (χ1) is 19.8. The van der Waals surface area contributed by atoms with Crippen molar-refractivity contribution in [3.63, 3.8) is 0 Å². The van der Waals surface area contributed by atoms with E-state index in [1.807, 2.05) is 30.3 Å². The molecule has 1 N–H and O–H groups in total. The van der Waals surface area contributed by atoms with Crippen molar-refractivity contribution in [2.45, 2.75) is 6.17 Å². The standard InChI is InChI=1S/C37H27N3/c1-4-10-26(11-5-1)28-16-20-31(21-17-28)36-38-35(30-14-8-3-9-15-30)39-37(40-36)33-23-19-29-18-22-32(24-34(29)25-33)27-12-6-2-7-13-27/h1-25,36H,(H,38,39,40). The number of nitrogens with one attached hydrogen (secondary N) is 1. The maximum Gasteiger partial charge on any atom is 0.169 e. The Balaban J connectivity index is 1.28. The quantitative estimate of drug-likeness (QED) is 0.246. The van der Waals surface area contributed by atoms with Crippen molar-refractivity contribution >= 4 is 22.4 Å². The number of amidine groups is 2. The topological polar surface area (TPSA) is 36.8 Å². The maximum absolute atomic E-state index is 5.11. The summed E-state index contributed by atoms with van der Waals surface area (Å²) < 4.78 is 0. The highest BCUT2D eigenvalue weighted by Gasteiger charge is 2.21. The van der Waals surface area contributed by atoms with E-state index < -0.39 is 0 Å². The molecule has 1 heterocycles. The van der Waals surface area contributed by atoms with Gasteiger partial charge in [0.05, 0.1) is 0 Å². The summed E-state index contributed by atoms with van der Waals surface area (Å²) in [6.07, 6.45) is -0.345. The van der Waals surface area contributed by atoms with Gasteiger partial charge in [-0.05, 0) is 50.7 Å². The van der Waals surface area contributed by atoms with Crippen LogP contribution in [0.25, 0.3) is 33.0 Å². The minimum absolute atomic E-state index is 0.345. The van der Waals surface area contributed by atoms with Crippen LogP contribution >= 0.6 is 0 Å². The first kappa shape index (κ1) is 23.8. The lowest BCUT2D eigenvalue weighted by Gasteiger charge is -2.22. The Morgan fingerprint density at radius 3 is 1.45 bits per heavy atom. The van der Waals surface area contributed by atoms with E-state index in [-0.39, 0.29) is 6.17 Å². The molecule has 0 bridgehead atoms. The zero-order valence-corrected chi connectivity index (χ0v) is 21.9. The third kappa shape index (κ3) is 4.81. The molecular formula is C37H27N3. The second-order valence-corrected chi connectivity index (χ2v) is 9.95. The number of benzene rings is 6. The van der Waals surface area contributed by atoms with Crippen molar-refractivity contribution in [3.8, 4) is 22.3 Å². The fourth-order valence-electron chi connectivity index (χ4n) is 5.17. The van der Waals surface area contributed by atoms with Gasteiger partial charge in [0.25, 0.3) is 0 Å². The molecular weight excluding hydrogens is 486 g/mol. The van der Waals surface area contributed by atoms with Gasteiger partial charge in [-0.2, -0.15) is 0 Å². The molecule has 3 heteroatoms. The molecule has 1 aliphatic rings. The third-order valence-corrected chi connectivity index (χ3v) is 7.32. The van der Waals surface area contributed by atoms with Crippen LogP contribution in [0.2, 0.25) is 0 Å². The average molecular weight is 514 g/mol. The van der Waals surface area contributed by atoms with Crippen LogP contribution in [0.15, 0.2) is 162 Å². The molecule has 0 spiro atoms. The lowest BCUT2D eigenvalue weighted by Crippen LogP contribution is -2.36. The van der Waals surface area contributed by atoms with E-state index in [9.17, 15) is 0 Å². The molecule has 0 fully saturated rings. The Morgan fingerprint density at radius 1 is 0.375 bits per heavy atom. The van der Waals surface area contributed by atoms with Gasteiger partial charge in [-0.3, -0.25) is 0 Å². The second-order valence-electron chi connectivity index (χ2n) is 9.95. The van der Waals surface area contributed by atoms with Crippen molar-refractivity contribution in [1.29, 1.82) is 0 Å². The normalized spacial score (nSPS) is 14.8. The predicted octanol–water partition coefficient (Wildman–Crippen LogP) is 8.67. The summed E-state index contributed by atoms with van der Waals surface area (Å²) >= 11 is 0. The highest BCUT2D eigenvalue weighted by atomic mass is 15.2. The van der Waals surface area contributed by atoms with Crippen LogP contribution in [0.4, 0.5) is 0 Å². The van der Waals surface area contributed by atoms with Crippen molar-refractivity contribution in [1.82, 2.24) is 5.32 Å². The molecule has 1 atom stereocenters. The minimum Gasteiger partial charge on any atom is -0.324 e. The van der Waals surface area contributed by atoms with Crippen molar-refractivity contribution < 1.29 is 0 Å². The zero-order valence-electron chi connectivity index (χ0n) is 21.9. The Morgan fingerprint density at radius 2 is 0.825 bits per heavy atom. The predicted molar refractivity (Wildman–Crippen MR) is 167 cm³/mol. The molecule has 0 radical (unpaired) electrons. The van der Waals surface area contributed by atoms with Gasteiger partial charge < -0.3 is 5.32 Å². The van der Waals surface area contributed by atoms with Gasteiger partial charge in [-0.15, -0.1) is 0 Å². The summed E-state index contributed by atoms with van der Waals surface area (Å²) in [6.45, 7) is 0. The Kier molecular flexibility index (Phi) is 6.23. The van der Waals surface area contributed by atoms with Gasteiger partial charge in [0.2, 0.25) is 0 Å². The SMILES string of the molecule is c1ccc(C2=NC(c3ccc(-c4ccccc4)cc3)N=C(c3ccc4ccc(-c5ccccc5)cc4c3)N2)cc1. The molecule has 40 heavy (non-hydrogen) atoms. The highest BCUT2D eigenvalue weighted by molar-refractivity contribution is 6.16. The first-order valence-corrected chi connectivity index (χ1v) is 13.5. The number of hydrogen-bond donors (Lipinski definition) is 1. The Labute approximate surface area is 234 Å². The summed E-state index contributed by atoms with van der Waals surface area (Å²) in [7, 11) is 0. The van der Waals surface area contributed by atoms with Gasteiger partial charge in [0.15, 0.2) is 6.17 Å². The van der Waals surface area contributed by atoms with Gasteiger partial charge in [-0.1, -0.05) is 140 Å². The van der Waals surface area contributed by atoms with E-state index in [0.717, 1.165) is 28.4 Å². The third-order valence-electron chi connectivity index (χ3n) is 7.32. The van der Waals surface area contributed by atoms with Crippen LogP contribution in [-0.2, 0) is 0 Å². The van der Waals surface area contributed by atoms with Crippen LogP contribution in [-0.4, -0.2) is 11.7 Å². The Bertz CT molecular complexity index is 1840. The summed E-state index contributed by atoms with van der Waals surface area (Å²) in [6, 6.07) is 52.9. The smallest absolute Gasteiger partial charge is 0.169 e. The number of nitrogens with zero attached hydrogens (tertiary/aromatic N) is 2. The molecule has 6 aromatic carbocycles. The van der Waals surface area contributed by atoms with E-state index in [1.165, 1.54) is 33.0 Å². The lowest BCUT2D eigenvalue weighted by atomic mass is 9.99. The van der Waals surface area contributed by atoms with Gasteiger partial charge >= 0.3 is 0 Å². The average Bonchev–Trinajstić information content (AvgIpc) is 3.05. The zero-order chi connectivity index (χ0) is 26.7. The Hall–Kier alpha value is -5.28. The molecule has 6 aromatic rings. The van der Waals surface area contributed by atoms with E-state index in [0.29, 0.717) is 0 Å². The van der Waals surface area contributed by atoms with Crippen molar-refractivity contribution in [2.75, 3.05) is 0 Å². The molecule has 0 amide bonds. The van der Waals surface area contributed by atoms with E-state index in [1.54, 1.807) is 0 Å². The van der Waals surface area contributed by atoms with Crippen LogP contribution < -0.4 is 5.32 Å². The van der Waals surface area contributed by atoms with E-state index in [2.05, 4.69) is 127 Å². The van der Waals surface area contributed by atoms with Gasteiger partial charge in [0, 0.05) is 11.1 Å². The number of aliphatic imine (C=N–C) groups is 2. The summed E-state index contributed by atoms with van der Waals surface area (Å²) in [4.78, 5) is 10.1. The van der Waals surface area contributed by atoms with Gasteiger partial charge in [0.1, 0.15) is 11.7 Å².